The summed E-state index contributed by atoms with van der Waals surface area (Å²) in [6.45, 7) is 6.30. The Bertz CT molecular complexity index is 780. The van der Waals surface area contributed by atoms with Crippen molar-refractivity contribution in [3.05, 3.63) is 65.6 Å². The van der Waals surface area contributed by atoms with Crippen LogP contribution >= 0.6 is 0 Å². The van der Waals surface area contributed by atoms with E-state index in [4.69, 9.17) is 0 Å². The highest BCUT2D eigenvalue weighted by Crippen LogP contribution is 2.31. The maximum absolute atomic E-state index is 4.60. The fourth-order valence-electron chi connectivity index (χ4n) is 2.39. The molecule has 0 aliphatic heterocycles. The lowest BCUT2D eigenvalue weighted by atomic mass is 9.99. The molecule has 0 atom stereocenters. The van der Waals surface area contributed by atoms with Crippen molar-refractivity contribution in [3.63, 3.8) is 0 Å². The molecule has 104 valence electrons. The summed E-state index contributed by atoms with van der Waals surface area (Å²) in [6.07, 6.45) is 5.51. The van der Waals surface area contributed by atoms with Crippen LogP contribution in [0.2, 0.25) is 0 Å². The molecule has 21 heavy (non-hydrogen) atoms. The lowest BCUT2D eigenvalue weighted by Crippen LogP contribution is -1.98. The van der Waals surface area contributed by atoms with Gasteiger partial charge in [0.05, 0.1) is 17.1 Å². The quantitative estimate of drug-likeness (QED) is 0.705. The van der Waals surface area contributed by atoms with E-state index in [9.17, 15) is 0 Å². The number of hydrogen-bond acceptors (Lipinski definition) is 3. The number of nitrogens with zero attached hydrogens (tertiary/aromatic N) is 3. The summed E-state index contributed by atoms with van der Waals surface area (Å²) in [4.78, 5) is 13.6. The Labute approximate surface area is 124 Å². The van der Waals surface area contributed by atoms with Crippen molar-refractivity contribution in [2.75, 3.05) is 0 Å². The third kappa shape index (κ3) is 2.42. The first-order valence-corrected chi connectivity index (χ1v) is 6.98. The summed E-state index contributed by atoms with van der Waals surface area (Å²) < 4.78 is 0. The standard InChI is InChI=1S/C18H17N3/c1-12-11-21-17(14(3)13(12)2)18-15(7-6-10-20-18)16-8-4-5-9-19-16/h4-11H,1-3H3. The highest BCUT2D eigenvalue weighted by molar-refractivity contribution is 5.78. The average molecular weight is 275 g/mol. The van der Waals surface area contributed by atoms with E-state index in [1.807, 2.05) is 36.5 Å². The minimum atomic E-state index is 0.886. The van der Waals surface area contributed by atoms with Crippen LogP contribution in [0.5, 0.6) is 0 Å². The molecule has 0 aliphatic carbocycles. The van der Waals surface area contributed by atoms with Crippen LogP contribution < -0.4 is 0 Å². The van der Waals surface area contributed by atoms with Crippen molar-refractivity contribution in [1.29, 1.82) is 0 Å². The van der Waals surface area contributed by atoms with Gasteiger partial charge < -0.3 is 0 Å². The Morgan fingerprint density at radius 3 is 2.29 bits per heavy atom. The van der Waals surface area contributed by atoms with Gasteiger partial charge in [0, 0.05) is 24.2 Å². The zero-order chi connectivity index (χ0) is 14.8. The topological polar surface area (TPSA) is 38.7 Å². The second kappa shape index (κ2) is 5.44. The molecule has 0 saturated carbocycles. The molecule has 0 aliphatic rings. The fourth-order valence-corrected chi connectivity index (χ4v) is 2.39. The van der Waals surface area contributed by atoms with E-state index in [1.54, 1.807) is 12.4 Å². The van der Waals surface area contributed by atoms with Crippen LogP contribution in [-0.4, -0.2) is 15.0 Å². The average Bonchev–Trinajstić information content (AvgIpc) is 2.54. The first-order chi connectivity index (χ1) is 10.2. The van der Waals surface area contributed by atoms with E-state index in [2.05, 4.69) is 35.7 Å². The number of aryl methyl sites for hydroxylation is 1. The molecule has 3 aromatic rings. The Morgan fingerprint density at radius 2 is 1.52 bits per heavy atom. The Kier molecular flexibility index (Phi) is 3.48. The first-order valence-electron chi connectivity index (χ1n) is 6.98. The van der Waals surface area contributed by atoms with Crippen molar-refractivity contribution < 1.29 is 0 Å². The summed E-state index contributed by atoms with van der Waals surface area (Å²) in [7, 11) is 0. The molecule has 0 spiro atoms. The summed E-state index contributed by atoms with van der Waals surface area (Å²) in [5.41, 5.74) is 7.38. The molecule has 3 heterocycles. The maximum atomic E-state index is 4.60. The Morgan fingerprint density at radius 1 is 0.714 bits per heavy atom. The minimum absolute atomic E-state index is 0.886. The van der Waals surface area contributed by atoms with Crippen molar-refractivity contribution in [1.82, 2.24) is 15.0 Å². The predicted molar refractivity (Wildman–Crippen MR) is 84.9 cm³/mol. The summed E-state index contributed by atoms with van der Waals surface area (Å²) in [5, 5.41) is 0. The lowest BCUT2D eigenvalue weighted by molar-refractivity contribution is 1.14. The van der Waals surface area contributed by atoms with E-state index >= 15 is 0 Å². The van der Waals surface area contributed by atoms with E-state index in [0.717, 1.165) is 22.6 Å². The van der Waals surface area contributed by atoms with E-state index in [-0.39, 0.29) is 0 Å². The highest BCUT2D eigenvalue weighted by atomic mass is 14.8. The first kappa shape index (κ1) is 13.4. The van der Waals surface area contributed by atoms with Gasteiger partial charge in [-0.25, -0.2) is 0 Å². The fraction of sp³-hybridized carbons (Fsp3) is 0.167. The predicted octanol–water partition coefficient (Wildman–Crippen LogP) is 4.13. The maximum Gasteiger partial charge on any atom is 0.0982 e. The van der Waals surface area contributed by atoms with Crippen LogP contribution in [0.1, 0.15) is 16.7 Å². The molecular weight excluding hydrogens is 258 g/mol. The van der Waals surface area contributed by atoms with E-state index in [1.165, 1.54) is 16.7 Å². The van der Waals surface area contributed by atoms with Gasteiger partial charge in [-0.2, -0.15) is 0 Å². The van der Waals surface area contributed by atoms with Gasteiger partial charge in [0.1, 0.15) is 0 Å². The van der Waals surface area contributed by atoms with Gasteiger partial charge in [-0.05, 0) is 61.7 Å². The SMILES string of the molecule is Cc1cnc(-c2ncccc2-c2ccccn2)c(C)c1C. The van der Waals surface area contributed by atoms with Crippen molar-refractivity contribution in [2.45, 2.75) is 20.8 Å². The van der Waals surface area contributed by atoms with Gasteiger partial charge in [-0.15, -0.1) is 0 Å². The van der Waals surface area contributed by atoms with E-state index < -0.39 is 0 Å². The van der Waals surface area contributed by atoms with Gasteiger partial charge in [0.15, 0.2) is 0 Å². The van der Waals surface area contributed by atoms with Gasteiger partial charge in [-0.1, -0.05) is 6.07 Å². The second-order valence-corrected chi connectivity index (χ2v) is 5.15. The number of pyridine rings is 3. The zero-order valence-corrected chi connectivity index (χ0v) is 12.5. The highest BCUT2D eigenvalue weighted by Gasteiger charge is 2.14. The molecule has 0 saturated heterocycles. The van der Waals surface area contributed by atoms with Crippen LogP contribution in [0.25, 0.3) is 22.6 Å². The minimum Gasteiger partial charge on any atom is -0.256 e. The summed E-state index contributed by atoms with van der Waals surface area (Å²) in [5.74, 6) is 0. The van der Waals surface area contributed by atoms with Crippen LogP contribution in [0.4, 0.5) is 0 Å². The molecule has 3 rings (SSSR count). The molecular formula is C18H17N3. The van der Waals surface area contributed by atoms with Crippen molar-refractivity contribution in [2.24, 2.45) is 0 Å². The molecule has 3 nitrogen and oxygen atoms in total. The second-order valence-electron chi connectivity index (χ2n) is 5.15. The Balaban J connectivity index is 2.23. The van der Waals surface area contributed by atoms with Gasteiger partial charge in [0.2, 0.25) is 0 Å². The van der Waals surface area contributed by atoms with Gasteiger partial charge in [0.25, 0.3) is 0 Å². The molecule has 0 fully saturated rings. The number of hydrogen-bond donors (Lipinski definition) is 0. The van der Waals surface area contributed by atoms with Gasteiger partial charge >= 0.3 is 0 Å². The molecule has 3 heteroatoms. The van der Waals surface area contributed by atoms with Crippen molar-refractivity contribution in [3.8, 4) is 22.6 Å². The number of aromatic nitrogens is 3. The largest absolute Gasteiger partial charge is 0.256 e. The summed E-state index contributed by atoms with van der Waals surface area (Å²) in [6, 6.07) is 9.88. The molecule has 0 bridgehead atoms. The Hall–Kier alpha value is -2.55. The molecule has 0 radical (unpaired) electrons. The molecule has 3 aromatic heterocycles. The van der Waals surface area contributed by atoms with Crippen molar-refractivity contribution >= 4 is 0 Å². The molecule has 0 unspecified atom stereocenters. The van der Waals surface area contributed by atoms with Crippen LogP contribution in [-0.2, 0) is 0 Å². The molecule has 0 N–H and O–H groups in total. The number of rotatable bonds is 2. The molecule has 0 aromatic carbocycles. The lowest BCUT2D eigenvalue weighted by Gasteiger charge is -2.12. The monoisotopic (exact) mass is 275 g/mol. The molecule has 0 amide bonds. The smallest absolute Gasteiger partial charge is 0.0982 e. The van der Waals surface area contributed by atoms with Crippen LogP contribution in [0.3, 0.4) is 0 Å². The normalized spacial score (nSPS) is 10.6. The van der Waals surface area contributed by atoms with Crippen LogP contribution in [0.15, 0.2) is 48.9 Å². The van der Waals surface area contributed by atoms with E-state index in [0.29, 0.717) is 0 Å². The summed E-state index contributed by atoms with van der Waals surface area (Å²) >= 11 is 0. The van der Waals surface area contributed by atoms with Crippen LogP contribution in [0, 0.1) is 20.8 Å². The van der Waals surface area contributed by atoms with Gasteiger partial charge in [-0.3, -0.25) is 15.0 Å². The third-order valence-corrected chi connectivity index (χ3v) is 3.87. The third-order valence-electron chi connectivity index (χ3n) is 3.87. The zero-order valence-electron chi connectivity index (χ0n) is 12.5.